The molecule has 0 aromatic carbocycles. The summed E-state index contributed by atoms with van der Waals surface area (Å²) in [6, 6.07) is -0.277. The molecule has 1 saturated carbocycles. The Balaban J connectivity index is 1.64. The van der Waals surface area contributed by atoms with Crippen LogP contribution >= 0.6 is 0 Å². The summed E-state index contributed by atoms with van der Waals surface area (Å²) in [6.45, 7) is 3.74. The van der Waals surface area contributed by atoms with Gasteiger partial charge < -0.3 is 11.1 Å². The molecular formula is C16H26N4O3. The zero-order valence-electron chi connectivity index (χ0n) is 13.7. The van der Waals surface area contributed by atoms with E-state index >= 15 is 0 Å². The van der Waals surface area contributed by atoms with Crippen LogP contribution in [0.15, 0.2) is 0 Å². The number of nitrogens with two attached hydrogens (primary N) is 1. The first kappa shape index (κ1) is 16.2. The molecule has 0 bridgehead atoms. The number of rotatable bonds is 3. The van der Waals surface area contributed by atoms with E-state index < -0.39 is 5.54 Å². The van der Waals surface area contributed by atoms with Crippen molar-refractivity contribution in [2.45, 2.75) is 51.0 Å². The highest BCUT2D eigenvalue weighted by Gasteiger charge is 2.55. The standard InChI is InChI=1S/C16H26N4O3/c1-11-4-2-3-7-16(11)14(22)20(15(23)18-16)10-19-8-5-12(6-9-19)13(17)21/h11-12H,2-10H2,1H3,(H2,17,21)(H,18,23). The molecule has 3 rings (SSSR count). The van der Waals surface area contributed by atoms with Crippen molar-refractivity contribution in [3.8, 4) is 0 Å². The Labute approximate surface area is 136 Å². The summed E-state index contributed by atoms with van der Waals surface area (Å²) in [5, 5.41) is 2.97. The average Bonchev–Trinajstić information content (AvgIpc) is 2.76. The minimum Gasteiger partial charge on any atom is -0.369 e. The van der Waals surface area contributed by atoms with Crippen molar-refractivity contribution in [2.75, 3.05) is 19.8 Å². The number of imide groups is 1. The number of primary amides is 1. The van der Waals surface area contributed by atoms with E-state index in [-0.39, 0.29) is 29.7 Å². The Hall–Kier alpha value is -1.63. The van der Waals surface area contributed by atoms with Crippen molar-refractivity contribution in [3.63, 3.8) is 0 Å². The summed E-state index contributed by atoms with van der Waals surface area (Å²) < 4.78 is 0. The maximum Gasteiger partial charge on any atom is 0.326 e. The van der Waals surface area contributed by atoms with Crippen molar-refractivity contribution < 1.29 is 14.4 Å². The third-order valence-electron chi connectivity index (χ3n) is 5.83. The first-order valence-corrected chi connectivity index (χ1v) is 8.60. The van der Waals surface area contributed by atoms with Crippen LogP contribution in [0.3, 0.4) is 0 Å². The lowest BCUT2D eigenvalue weighted by Gasteiger charge is -2.37. The lowest BCUT2D eigenvalue weighted by molar-refractivity contribution is -0.136. The quantitative estimate of drug-likeness (QED) is 0.745. The van der Waals surface area contributed by atoms with Crippen molar-refractivity contribution in [2.24, 2.45) is 17.6 Å². The van der Waals surface area contributed by atoms with E-state index in [1.54, 1.807) is 0 Å². The summed E-state index contributed by atoms with van der Waals surface area (Å²) >= 11 is 0. The van der Waals surface area contributed by atoms with E-state index in [9.17, 15) is 14.4 Å². The third kappa shape index (κ3) is 2.82. The molecule has 4 amide bonds. The monoisotopic (exact) mass is 322 g/mol. The van der Waals surface area contributed by atoms with Crippen LogP contribution in [-0.2, 0) is 9.59 Å². The first-order valence-electron chi connectivity index (χ1n) is 8.60. The maximum absolute atomic E-state index is 12.9. The number of amides is 4. The number of urea groups is 1. The van der Waals surface area contributed by atoms with Crippen LogP contribution in [0.5, 0.6) is 0 Å². The van der Waals surface area contributed by atoms with Crippen LogP contribution in [0.1, 0.15) is 45.4 Å². The SMILES string of the molecule is CC1CCCCC12NC(=O)N(CN1CCC(C(N)=O)CC1)C2=O. The van der Waals surface area contributed by atoms with Crippen molar-refractivity contribution in [1.29, 1.82) is 0 Å². The Kier molecular flexibility index (Phi) is 4.31. The molecule has 2 saturated heterocycles. The van der Waals surface area contributed by atoms with Crippen LogP contribution in [0.2, 0.25) is 0 Å². The van der Waals surface area contributed by atoms with E-state index in [2.05, 4.69) is 17.1 Å². The van der Waals surface area contributed by atoms with E-state index in [4.69, 9.17) is 5.73 Å². The molecule has 3 fully saturated rings. The van der Waals surface area contributed by atoms with Gasteiger partial charge in [0.1, 0.15) is 5.54 Å². The van der Waals surface area contributed by atoms with Gasteiger partial charge in [0.25, 0.3) is 5.91 Å². The minimum atomic E-state index is -0.694. The van der Waals surface area contributed by atoms with Gasteiger partial charge in [0, 0.05) is 19.0 Å². The van der Waals surface area contributed by atoms with Gasteiger partial charge in [-0.05, 0) is 31.6 Å². The molecule has 1 aliphatic carbocycles. The number of hydrogen-bond acceptors (Lipinski definition) is 4. The third-order valence-corrected chi connectivity index (χ3v) is 5.83. The van der Waals surface area contributed by atoms with Gasteiger partial charge in [-0.2, -0.15) is 0 Å². The molecule has 0 radical (unpaired) electrons. The molecule has 2 unspecified atom stereocenters. The summed E-state index contributed by atoms with van der Waals surface area (Å²) in [5.74, 6) is -0.237. The second kappa shape index (κ2) is 6.11. The van der Waals surface area contributed by atoms with Gasteiger partial charge in [-0.15, -0.1) is 0 Å². The second-order valence-electron chi connectivity index (χ2n) is 7.22. The van der Waals surface area contributed by atoms with Gasteiger partial charge >= 0.3 is 6.03 Å². The smallest absolute Gasteiger partial charge is 0.326 e. The largest absolute Gasteiger partial charge is 0.369 e. The van der Waals surface area contributed by atoms with Gasteiger partial charge in [0.05, 0.1) is 6.67 Å². The molecule has 2 aliphatic heterocycles. The molecule has 0 aromatic rings. The predicted octanol–water partition coefficient (Wildman–Crippen LogP) is 0.642. The molecule has 3 N–H and O–H groups in total. The number of likely N-dealkylation sites (tertiary alicyclic amines) is 1. The van der Waals surface area contributed by atoms with E-state index in [1.807, 2.05) is 0 Å². The van der Waals surface area contributed by atoms with E-state index in [0.29, 0.717) is 32.6 Å². The predicted molar refractivity (Wildman–Crippen MR) is 84.1 cm³/mol. The number of carbonyl (C=O) groups is 3. The molecule has 128 valence electrons. The first-order chi connectivity index (χ1) is 10.9. The molecule has 7 heteroatoms. The van der Waals surface area contributed by atoms with Gasteiger partial charge in [-0.25, -0.2) is 9.69 Å². The topological polar surface area (TPSA) is 95.7 Å². The van der Waals surface area contributed by atoms with Gasteiger partial charge in [0.15, 0.2) is 0 Å². The van der Waals surface area contributed by atoms with Crippen LogP contribution < -0.4 is 11.1 Å². The van der Waals surface area contributed by atoms with E-state index in [0.717, 1.165) is 25.7 Å². The number of hydrogen-bond donors (Lipinski definition) is 2. The minimum absolute atomic E-state index is 0.0771. The summed E-state index contributed by atoms with van der Waals surface area (Å²) in [6.07, 6.45) is 5.20. The molecule has 2 atom stereocenters. The highest BCUT2D eigenvalue weighted by Crippen LogP contribution is 2.38. The molecule has 2 heterocycles. The number of nitrogens with zero attached hydrogens (tertiary/aromatic N) is 2. The highest BCUT2D eigenvalue weighted by atomic mass is 16.2. The summed E-state index contributed by atoms with van der Waals surface area (Å²) in [4.78, 5) is 39.9. The highest BCUT2D eigenvalue weighted by molar-refractivity contribution is 6.07. The van der Waals surface area contributed by atoms with Gasteiger partial charge in [0.2, 0.25) is 5.91 Å². The van der Waals surface area contributed by atoms with Crippen molar-refractivity contribution >= 4 is 17.8 Å². The number of nitrogens with one attached hydrogen (secondary N) is 1. The molecule has 23 heavy (non-hydrogen) atoms. The van der Waals surface area contributed by atoms with Crippen LogP contribution in [0.4, 0.5) is 4.79 Å². The van der Waals surface area contributed by atoms with Gasteiger partial charge in [-0.1, -0.05) is 19.8 Å². The average molecular weight is 322 g/mol. The van der Waals surface area contributed by atoms with Crippen LogP contribution in [0.25, 0.3) is 0 Å². The zero-order chi connectivity index (χ0) is 16.6. The fourth-order valence-electron chi connectivity index (χ4n) is 4.18. The molecule has 0 aromatic heterocycles. The van der Waals surface area contributed by atoms with Crippen LogP contribution in [0, 0.1) is 11.8 Å². The normalized spacial score (nSPS) is 33.3. The lowest BCUT2D eigenvalue weighted by Crippen LogP contribution is -2.54. The fraction of sp³-hybridized carbons (Fsp3) is 0.812. The lowest BCUT2D eigenvalue weighted by atomic mass is 9.73. The van der Waals surface area contributed by atoms with Gasteiger partial charge in [-0.3, -0.25) is 14.5 Å². The molecule has 1 spiro atoms. The second-order valence-corrected chi connectivity index (χ2v) is 7.22. The maximum atomic E-state index is 12.9. The van der Waals surface area contributed by atoms with Crippen molar-refractivity contribution in [3.05, 3.63) is 0 Å². The Morgan fingerprint density at radius 1 is 1.26 bits per heavy atom. The fourth-order valence-corrected chi connectivity index (χ4v) is 4.18. The van der Waals surface area contributed by atoms with Crippen LogP contribution in [-0.4, -0.2) is 52.9 Å². The van der Waals surface area contributed by atoms with E-state index in [1.165, 1.54) is 4.90 Å². The Bertz CT molecular complexity index is 515. The Morgan fingerprint density at radius 2 is 1.96 bits per heavy atom. The van der Waals surface area contributed by atoms with Crippen molar-refractivity contribution in [1.82, 2.24) is 15.1 Å². The Morgan fingerprint density at radius 3 is 2.57 bits per heavy atom. The number of piperidine rings is 1. The molecule has 3 aliphatic rings. The molecule has 7 nitrogen and oxygen atoms in total. The summed E-state index contributed by atoms with van der Waals surface area (Å²) in [7, 11) is 0. The molecular weight excluding hydrogens is 296 g/mol. The number of carbonyl (C=O) groups excluding carboxylic acids is 3. The summed E-state index contributed by atoms with van der Waals surface area (Å²) in [5.41, 5.74) is 4.65. The zero-order valence-corrected chi connectivity index (χ0v) is 13.7.